The molecule has 0 atom stereocenters. The number of nitrogens with zero attached hydrogens (tertiary/aromatic N) is 3. The Hall–Kier alpha value is -1.67. The number of aryl methyl sites for hydroxylation is 1. The molecule has 1 fully saturated rings. The molecule has 0 radical (unpaired) electrons. The van der Waals surface area contributed by atoms with Gasteiger partial charge in [-0.2, -0.15) is 5.10 Å². The molecule has 1 aromatic heterocycles. The number of hydrogen-bond acceptors (Lipinski definition) is 5. The van der Waals surface area contributed by atoms with Gasteiger partial charge in [0.2, 0.25) is 5.91 Å². The van der Waals surface area contributed by atoms with E-state index in [4.69, 9.17) is 0 Å². The third kappa shape index (κ3) is 7.27. The van der Waals surface area contributed by atoms with E-state index in [2.05, 4.69) is 15.7 Å². The molecule has 1 heterocycles. The SMILES string of the molecule is Cl.O=C(CCn1cc([N+](=O)[O-])cn1)NCCNC1CCCCCC1. The van der Waals surface area contributed by atoms with Crippen molar-refractivity contribution in [1.29, 1.82) is 0 Å². The molecular formula is C15H26ClN5O3. The second kappa shape index (κ2) is 11.0. The lowest BCUT2D eigenvalue weighted by Crippen LogP contribution is -2.37. The third-order valence-corrected chi connectivity index (χ3v) is 4.13. The molecule has 24 heavy (non-hydrogen) atoms. The van der Waals surface area contributed by atoms with Crippen molar-refractivity contribution in [2.24, 2.45) is 0 Å². The Balaban J connectivity index is 0.00000288. The molecule has 0 aromatic carbocycles. The van der Waals surface area contributed by atoms with Gasteiger partial charge in [0.05, 0.1) is 4.92 Å². The first-order valence-electron chi connectivity index (χ1n) is 8.32. The fraction of sp³-hybridized carbons (Fsp3) is 0.733. The minimum atomic E-state index is -0.497. The Morgan fingerprint density at radius 3 is 2.62 bits per heavy atom. The van der Waals surface area contributed by atoms with Crippen LogP contribution < -0.4 is 10.6 Å². The van der Waals surface area contributed by atoms with E-state index in [-0.39, 0.29) is 30.4 Å². The summed E-state index contributed by atoms with van der Waals surface area (Å²) in [5.41, 5.74) is -0.0574. The number of amides is 1. The van der Waals surface area contributed by atoms with Crippen molar-refractivity contribution in [3.8, 4) is 0 Å². The molecule has 1 aromatic rings. The summed E-state index contributed by atoms with van der Waals surface area (Å²) in [6.07, 6.45) is 10.5. The van der Waals surface area contributed by atoms with Gasteiger partial charge in [-0.05, 0) is 12.8 Å². The van der Waals surface area contributed by atoms with Crippen LogP contribution in [0.3, 0.4) is 0 Å². The molecule has 2 N–H and O–H groups in total. The largest absolute Gasteiger partial charge is 0.355 e. The molecule has 9 heteroatoms. The number of carbonyl (C=O) groups excluding carboxylic acids is 1. The maximum absolute atomic E-state index is 11.7. The molecule has 8 nitrogen and oxygen atoms in total. The number of carbonyl (C=O) groups is 1. The maximum atomic E-state index is 11.7. The van der Waals surface area contributed by atoms with E-state index in [0.29, 0.717) is 19.1 Å². The van der Waals surface area contributed by atoms with Gasteiger partial charge in [0.1, 0.15) is 12.4 Å². The first kappa shape index (κ1) is 20.4. The van der Waals surface area contributed by atoms with E-state index in [0.717, 1.165) is 6.54 Å². The quantitative estimate of drug-likeness (QED) is 0.320. The number of rotatable bonds is 8. The molecule has 1 aliphatic rings. The fourth-order valence-corrected chi connectivity index (χ4v) is 2.84. The van der Waals surface area contributed by atoms with Gasteiger partial charge in [-0.3, -0.25) is 19.6 Å². The van der Waals surface area contributed by atoms with Gasteiger partial charge in [-0.15, -0.1) is 12.4 Å². The van der Waals surface area contributed by atoms with Gasteiger partial charge in [-0.25, -0.2) is 0 Å². The Morgan fingerprint density at radius 1 is 1.29 bits per heavy atom. The lowest BCUT2D eigenvalue weighted by atomic mass is 10.1. The monoisotopic (exact) mass is 359 g/mol. The van der Waals surface area contributed by atoms with E-state index in [1.807, 2.05) is 0 Å². The summed E-state index contributed by atoms with van der Waals surface area (Å²) >= 11 is 0. The average molecular weight is 360 g/mol. The van der Waals surface area contributed by atoms with Crippen molar-refractivity contribution >= 4 is 24.0 Å². The average Bonchev–Trinajstić information content (AvgIpc) is 2.86. The Morgan fingerprint density at radius 2 is 2.00 bits per heavy atom. The van der Waals surface area contributed by atoms with Crippen LogP contribution in [0.1, 0.15) is 44.9 Å². The number of halogens is 1. The summed E-state index contributed by atoms with van der Waals surface area (Å²) in [4.78, 5) is 21.8. The van der Waals surface area contributed by atoms with Crippen LogP contribution in [0.25, 0.3) is 0 Å². The number of nitrogens with one attached hydrogen (secondary N) is 2. The first-order chi connectivity index (χ1) is 11.1. The van der Waals surface area contributed by atoms with E-state index >= 15 is 0 Å². The van der Waals surface area contributed by atoms with Gasteiger partial charge in [-0.1, -0.05) is 25.7 Å². The van der Waals surface area contributed by atoms with Gasteiger partial charge in [0, 0.05) is 32.1 Å². The zero-order valence-corrected chi connectivity index (χ0v) is 14.6. The lowest BCUT2D eigenvalue weighted by molar-refractivity contribution is -0.385. The van der Waals surface area contributed by atoms with Gasteiger partial charge in [0.15, 0.2) is 0 Å². The molecule has 0 spiro atoms. The molecular weight excluding hydrogens is 334 g/mol. The fourth-order valence-electron chi connectivity index (χ4n) is 2.84. The van der Waals surface area contributed by atoms with Crippen LogP contribution in [0.5, 0.6) is 0 Å². The van der Waals surface area contributed by atoms with Crippen LogP contribution in [0.15, 0.2) is 12.4 Å². The molecule has 0 bridgehead atoms. The number of nitro groups is 1. The van der Waals surface area contributed by atoms with Gasteiger partial charge < -0.3 is 10.6 Å². The number of hydrogen-bond donors (Lipinski definition) is 2. The highest BCUT2D eigenvalue weighted by molar-refractivity contribution is 5.85. The smallest absolute Gasteiger partial charge is 0.306 e. The summed E-state index contributed by atoms with van der Waals surface area (Å²) in [6, 6.07) is 0.582. The van der Waals surface area contributed by atoms with E-state index in [1.54, 1.807) is 0 Å². The molecule has 1 aliphatic carbocycles. The molecule has 1 amide bonds. The van der Waals surface area contributed by atoms with Crippen LogP contribution in [-0.2, 0) is 11.3 Å². The third-order valence-electron chi connectivity index (χ3n) is 4.13. The summed E-state index contributed by atoms with van der Waals surface area (Å²) in [5.74, 6) is -0.0641. The van der Waals surface area contributed by atoms with E-state index in [9.17, 15) is 14.9 Å². The highest BCUT2D eigenvalue weighted by Crippen LogP contribution is 2.16. The second-order valence-electron chi connectivity index (χ2n) is 5.96. The standard InChI is InChI=1S/C15H25N5O3.ClH/c21-15(7-10-19-12-14(11-18-19)20(22)23)17-9-8-16-13-5-3-1-2-4-6-13;/h11-13,16H,1-10H2,(H,17,21);1H. The van der Waals surface area contributed by atoms with Crippen molar-refractivity contribution in [2.75, 3.05) is 13.1 Å². The molecule has 0 unspecified atom stereocenters. The summed E-state index contributed by atoms with van der Waals surface area (Å²) in [6.45, 7) is 1.73. The minimum Gasteiger partial charge on any atom is -0.355 e. The molecule has 1 saturated carbocycles. The summed E-state index contributed by atoms with van der Waals surface area (Å²) < 4.78 is 1.42. The van der Waals surface area contributed by atoms with Crippen molar-refractivity contribution in [3.05, 3.63) is 22.5 Å². The van der Waals surface area contributed by atoms with Crippen LogP contribution >= 0.6 is 12.4 Å². The topological polar surface area (TPSA) is 102 Å². The molecule has 0 saturated heterocycles. The van der Waals surface area contributed by atoms with Crippen molar-refractivity contribution in [3.63, 3.8) is 0 Å². The normalized spacial score (nSPS) is 15.3. The van der Waals surface area contributed by atoms with Crippen LogP contribution in [0, 0.1) is 10.1 Å². The molecule has 2 rings (SSSR count). The molecule has 0 aliphatic heterocycles. The van der Waals surface area contributed by atoms with Crippen LogP contribution in [0.4, 0.5) is 5.69 Å². The number of aromatic nitrogens is 2. The highest BCUT2D eigenvalue weighted by Gasteiger charge is 2.12. The van der Waals surface area contributed by atoms with E-state index < -0.39 is 4.92 Å². The van der Waals surface area contributed by atoms with Crippen molar-refractivity contribution in [2.45, 2.75) is 57.5 Å². The Bertz CT molecular complexity index is 515. The van der Waals surface area contributed by atoms with Crippen molar-refractivity contribution < 1.29 is 9.72 Å². The van der Waals surface area contributed by atoms with E-state index in [1.165, 1.54) is 55.6 Å². The zero-order valence-electron chi connectivity index (χ0n) is 13.8. The Labute approximate surface area is 147 Å². The highest BCUT2D eigenvalue weighted by atomic mass is 35.5. The molecule has 136 valence electrons. The summed E-state index contributed by atoms with van der Waals surface area (Å²) in [7, 11) is 0. The predicted octanol–water partition coefficient (Wildman–Crippen LogP) is 2.03. The first-order valence-corrected chi connectivity index (χ1v) is 8.32. The lowest BCUT2D eigenvalue weighted by Gasteiger charge is -2.16. The van der Waals surface area contributed by atoms with Crippen LogP contribution in [0.2, 0.25) is 0 Å². The van der Waals surface area contributed by atoms with Crippen molar-refractivity contribution in [1.82, 2.24) is 20.4 Å². The van der Waals surface area contributed by atoms with Gasteiger partial charge in [0.25, 0.3) is 0 Å². The second-order valence-corrected chi connectivity index (χ2v) is 5.96. The predicted molar refractivity (Wildman–Crippen MR) is 93.2 cm³/mol. The maximum Gasteiger partial charge on any atom is 0.306 e. The van der Waals surface area contributed by atoms with Crippen LogP contribution in [-0.4, -0.2) is 39.7 Å². The Kier molecular flexibility index (Phi) is 9.33. The van der Waals surface area contributed by atoms with Gasteiger partial charge >= 0.3 is 5.69 Å². The summed E-state index contributed by atoms with van der Waals surface area (Å²) in [5, 5.41) is 20.8. The zero-order chi connectivity index (χ0) is 16.5. The minimum absolute atomic E-state index is 0.